The van der Waals surface area contributed by atoms with E-state index in [9.17, 15) is 0 Å². The first kappa shape index (κ1) is 8.21. The van der Waals surface area contributed by atoms with Gasteiger partial charge in [-0.1, -0.05) is 13.8 Å². The van der Waals surface area contributed by atoms with E-state index in [0.29, 0.717) is 5.92 Å². The molecule has 1 heterocycles. The van der Waals surface area contributed by atoms with Crippen LogP contribution < -0.4 is 0 Å². The molecule has 0 N–H and O–H groups in total. The van der Waals surface area contributed by atoms with Crippen LogP contribution in [0.2, 0.25) is 0 Å². The third kappa shape index (κ3) is 2.80. The lowest BCUT2D eigenvalue weighted by Crippen LogP contribution is -1.99. The minimum absolute atomic E-state index is 0.715. The Morgan fingerprint density at radius 1 is 1.60 bits per heavy atom. The summed E-state index contributed by atoms with van der Waals surface area (Å²) in [6, 6.07) is 0. The van der Waals surface area contributed by atoms with Crippen molar-refractivity contribution in [1.82, 2.24) is 0 Å². The summed E-state index contributed by atoms with van der Waals surface area (Å²) < 4.78 is 4.28. The van der Waals surface area contributed by atoms with Crippen LogP contribution in [-0.2, 0) is 0 Å². The number of allylic oxidation sites excluding steroid dienone is 1. The van der Waals surface area contributed by atoms with E-state index in [2.05, 4.69) is 29.7 Å². The van der Waals surface area contributed by atoms with E-state index in [1.54, 1.807) is 21.8 Å². The molecule has 1 rings (SSSR count). The van der Waals surface area contributed by atoms with Gasteiger partial charge in [0.15, 0.2) is 0 Å². The Morgan fingerprint density at radius 3 is 2.90 bits per heavy atom. The van der Waals surface area contributed by atoms with Crippen LogP contribution in [0.15, 0.2) is 15.9 Å². The van der Waals surface area contributed by atoms with Crippen LogP contribution in [0.25, 0.3) is 0 Å². The molecule has 1 nitrogen and oxygen atoms in total. The molecule has 0 radical (unpaired) electrons. The van der Waals surface area contributed by atoms with Gasteiger partial charge in [-0.15, -0.1) is 0 Å². The van der Waals surface area contributed by atoms with Crippen LogP contribution in [0.3, 0.4) is 0 Å². The highest BCUT2D eigenvalue weighted by molar-refractivity contribution is 8.77. The summed E-state index contributed by atoms with van der Waals surface area (Å²) in [4.78, 5) is 0. The van der Waals surface area contributed by atoms with Crippen molar-refractivity contribution in [2.45, 2.75) is 20.3 Å². The average molecular weight is 173 g/mol. The lowest BCUT2D eigenvalue weighted by molar-refractivity contribution is 0.686. The zero-order chi connectivity index (χ0) is 7.40. The summed E-state index contributed by atoms with van der Waals surface area (Å²) >= 11 is 0. The lowest BCUT2D eigenvalue weighted by atomic mass is 10.1. The van der Waals surface area contributed by atoms with Gasteiger partial charge in [-0.05, 0) is 34.6 Å². The second-order valence-corrected chi connectivity index (χ2v) is 4.47. The van der Waals surface area contributed by atoms with Crippen LogP contribution in [-0.4, -0.2) is 5.71 Å². The molecule has 0 saturated heterocycles. The van der Waals surface area contributed by atoms with Crippen LogP contribution in [0.1, 0.15) is 20.3 Å². The molecule has 0 aromatic carbocycles. The lowest BCUT2D eigenvalue weighted by Gasteiger charge is -2.05. The molecule has 0 aromatic heterocycles. The predicted octanol–water partition coefficient (Wildman–Crippen LogP) is 3.30. The van der Waals surface area contributed by atoms with Gasteiger partial charge >= 0.3 is 0 Å². The Hall–Kier alpha value is 0.110. The van der Waals surface area contributed by atoms with Gasteiger partial charge in [0.25, 0.3) is 0 Å². The highest BCUT2D eigenvalue weighted by Gasteiger charge is 2.02. The van der Waals surface area contributed by atoms with Crippen molar-refractivity contribution in [3.63, 3.8) is 0 Å². The molecular weight excluding hydrogens is 162 g/mol. The van der Waals surface area contributed by atoms with Crippen LogP contribution in [0, 0.1) is 5.92 Å². The first-order chi connectivity index (χ1) is 4.79. The van der Waals surface area contributed by atoms with Crippen molar-refractivity contribution in [2.24, 2.45) is 10.3 Å². The maximum absolute atomic E-state index is 4.28. The maximum Gasteiger partial charge on any atom is 0.0505 e. The molecule has 10 heavy (non-hydrogen) atoms. The van der Waals surface area contributed by atoms with E-state index < -0.39 is 0 Å². The first-order valence-electron chi connectivity index (χ1n) is 3.35. The second kappa shape index (κ2) is 4.09. The van der Waals surface area contributed by atoms with Gasteiger partial charge in [0.05, 0.1) is 5.71 Å². The van der Waals surface area contributed by atoms with Crippen molar-refractivity contribution in [3.05, 3.63) is 11.5 Å². The number of rotatable bonds is 2. The Balaban J connectivity index is 2.40. The molecule has 0 saturated carbocycles. The molecule has 56 valence electrons. The molecule has 1 aliphatic rings. The fraction of sp³-hybridized carbons (Fsp3) is 0.571. The molecule has 0 aliphatic carbocycles. The Kier molecular flexibility index (Phi) is 3.35. The SMILES string of the molecule is CC(C)CC1=NSSC=C1. The van der Waals surface area contributed by atoms with Gasteiger partial charge in [0, 0.05) is 11.0 Å². The van der Waals surface area contributed by atoms with Crippen molar-refractivity contribution in [2.75, 3.05) is 0 Å². The van der Waals surface area contributed by atoms with Crippen LogP contribution in [0.4, 0.5) is 0 Å². The average Bonchev–Trinajstić information content (AvgIpc) is 1.88. The Morgan fingerprint density at radius 2 is 2.40 bits per heavy atom. The first-order valence-corrected chi connectivity index (χ1v) is 5.52. The van der Waals surface area contributed by atoms with Gasteiger partial charge in [0.2, 0.25) is 0 Å². The molecule has 0 fully saturated rings. The van der Waals surface area contributed by atoms with Gasteiger partial charge in [-0.2, -0.15) is 0 Å². The summed E-state index contributed by atoms with van der Waals surface area (Å²) in [6.45, 7) is 4.42. The zero-order valence-corrected chi connectivity index (χ0v) is 7.84. The molecule has 1 aliphatic heterocycles. The summed E-state index contributed by atoms with van der Waals surface area (Å²) in [7, 11) is 3.24. The molecule has 0 spiro atoms. The van der Waals surface area contributed by atoms with Crippen LogP contribution in [0.5, 0.6) is 0 Å². The Labute approximate surface area is 69.9 Å². The number of hydrogen-bond donors (Lipinski definition) is 0. The molecule has 0 unspecified atom stereocenters. The van der Waals surface area contributed by atoms with Gasteiger partial charge in [-0.3, -0.25) is 0 Å². The van der Waals surface area contributed by atoms with Crippen molar-refractivity contribution >= 4 is 27.5 Å². The standard InChI is InChI=1S/C7H11NS2/c1-6(2)5-7-3-4-9-10-8-7/h3-4,6H,5H2,1-2H3. The normalized spacial score (nSPS) is 17.7. The van der Waals surface area contributed by atoms with E-state index in [-0.39, 0.29) is 0 Å². The second-order valence-electron chi connectivity index (χ2n) is 2.65. The minimum Gasteiger partial charge on any atom is -0.209 e. The summed E-state index contributed by atoms with van der Waals surface area (Å²) in [5.74, 6) is 0.715. The molecule has 3 heteroatoms. The maximum atomic E-state index is 4.28. The van der Waals surface area contributed by atoms with Crippen molar-refractivity contribution < 1.29 is 0 Å². The number of nitrogens with zero attached hydrogens (tertiary/aromatic N) is 1. The molecule has 0 bridgehead atoms. The highest BCUT2D eigenvalue weighted by atomic mass is 33.1. The largest absolute Gasteiger partial charge is 0.209 e. The van der Waals surface area contributed by atoms with Gasteiger partial charge < -0.3 is 0 Å². The van der Waals surface area contributed by atoms with E-state index in [0.717, 1.165) is 6.42 Å². The smallest absolute Gasteiger partial charge is 0.0505 e. The van der Waals surface area contributed by atoms with Crippen LogP contribution >= 0.6 is 21.8 Å². The van der Waals surface area contributed by atoms with Crippen molar-refractivity contribution in [1.29, 1.82) is 0 Å². The van der Waals surface area contributed by atoms with Gasteiger partial charge in [-0.25, -0.2) is 4.40 Å². The van der Waals surface area contributed by atoms with E-state index in [4.69, 9.17) is 0 Å². The topological polar surface area (TPSA) is 12.4 Å². The third-order valence-corrected chi connectivity index (χ3v) is 2.59. The third-order valence-electron chi connectivity index (χ3n) is 1.13. The Bertz CT molecular complexity index is 161. The molecule has 0 aromatic rings. The number of hydrogen-bond acceptors (Lipinski definition) is 3. The molecule has 0 amide bonds. The quantitative estimate of drug-likeness (QED) is 0.469. The monoisotopic (exact) mass is 173 g/mol. The highest BCUT2D eigenvalue weighted by Crippen LogP contribution is 2.28. The zero-order valence-electron chi connectivity index (χ0n) is 6.20. The predicted molar refractivity (Wildman–Crippen MR) is 51.2 cm³/mol. The molecular formula is C7H11NS2. The summed E-state index contributed by atoms with van der Waals surface area (Å²) in [5.41, 5.74) is 1.22. The fourth-order valence-corrected chi connectivity index (χ4v) is 2.02. The summed E-state index contributed by atoms with van der Waals surface area (Å²) in [5, 5.41) is 2.09. The van der Waals surface area contributed by atoms with Gasteiger partial charge in [0.1, 0.15) is 0 Å². The van der Waals surface area contributed by atoms with Crippen molar-refractivity contribution in [3.8, 4) is 0 Å². The minimum atomic E-state index is 0.715. The van der Waals surface area contributed by atoms with E-state index >= 15 is 0 Å². The van der Waals surface area contributed by atoms with E-state index in [1.807, 2.05) is 0 Å². The van der Waals surface area contributed by atoms with E-state index in [1.165, 1.54) is 5.71 Å². The summed E-state index contributed by atoms with van der Waals surface area (Å²) in [6.07, 6.45) is 3.20. The fourth-order valence-electron chi connectivity index (χ4n) is 0.755. The molecule has 0 atom stereocenters.